The number of para-hydroxylation sites is 1. The van der Waals surface area contributed by atoms with Gasteiger partial charge in [0, 0.05) is 31.4 Å². The Bertz CT molecular complexity index is 756. The predicted molar refractivity (Wildman–Crippen MR) is 113 cm³/mol. The summed E-state index contributed by atoms with van der Waals surface area (Å²) in [7, 11) is 0. The van der Waals surface area contributed by atoms with Crippen molar-refractivity contribution < 1.29 is 4.79 Å². The van der Waals surface area contributed by atoms with E-state index >= 15 is 0 Å². The third-order valence-electron chi connectivity index (χ3n) is 5.46. The zero-order valence-corrected chi connectivity index (χ0v) is 16.5. The van der Waals surface area contributed by atoms with Crippen LogP contribution < -0.4 is 4.90 Å². The zero-order valence-electron chi connectivity index (χ0n) is 16.5. The molecule has 3 nitrogen and oxygen atoms in total. The second kappa shape index (κ2) is 9.01. The van der Waals surface area contributed by atoms with E-state index in [4.69, 9.17) is 0 Å². The van der Waals surface area contributed by atoms with Gasteiger partial charge in [-0.1, -0.05) is 54.6 Å². The molecule has 142 valence electrons. The number of carbonyl (C=O) groups excluding carboxylic acids is 1. The third-order valence-corrected chi connectivity index (χ3v) is 5.46. The average Bonchev–Trinajstić information content (AvgIpc) is 2.67. The zero-order chi connectivity index (χ0) is 19.2. The van der Waals surface area contributed by atoms with Gasteiger partial charge in [-0.05, 0) is 43.4 Å². The smallest absolute Gasteiger partial charge is 0.231 e. The number of nitrogens with zero attached hydrogens (tertiary/aromatic N) is 2. The van der Waals surface area contributed by atoms with Crippen molar-refractivity contribution in [2.24, 2.45) is 0 Å². The lowest BCUT2D eigenvalue weighted by Crippen LogP contribution is -2.48. The molecule has 1 aliphatic rings. The molecule has 0 bridgehead atoms. The van der Waals surface area contributed by atoms with Gasteiger partial charge in [0.05, 0.1) is 6.42 Å². The average molecular weight is 363 g/mol. The molecular formula is C24H30N2O. The van der Waals surface area contributed by atoms with Crippen LogP contribution in [0.3, 0.4) is 0 Å². The number of hydrogen-bond donors (Lipinski definition) is 0. The second-order valence-corrected chi connectivity index (χ2v) is 7.49. The van der Waals surface area contributed by atoms with Crippen molar-refractivity contribution in [3.8, 4) is 0 Å². The summed E-state index contributed by atoms with van der Waals surface area (Å²) < 4.78 is 0. The van der Waals surface area contributed by atoms with Gasteiger partial charge in [-0.2, -0.15) is 0 Å². The summed E-state index contributed by atoms with van der Waals surface area (Å²) in [5.41, 5.74) is 4.51. The van der Waals surface area contributed by atoms with Crippen LogP contribution in [0.25, 0.3) is 0 Å². The van der Waals surface area contributed by atoms with Crippen LogP contribution in [0.1, 0.15) is 29.5 Å². The number of rotatable bonds is 6. The van der Waals surface area contributed by atoms with E-state index in [1.54, 1.807) is 0 Å². The molecular weight excluding hydrogens is 332 g/mol. The van der Waals surface area contributed by atoms with Crippen molar-refractivity contribution in [1.29, 1.82) is 0 Å². The molecule has 0 spiro atoms. The van der Waals surface area contributed by atoms with Gasteiger partial charge in [0.2, 0.25) is 5.91 Å². The van der Waals surface area contributed by atoms with Gasteiger partial charge in [-0.15, -0.1) is 6.58 Å². The molecule has 1 saturated heterocycles. The molecule has 3 rings (SSSR count). The topological polar surface area (TPSA) is 23.6 Å². The van der Waals surface area contributed by atoms with Crippen molar-refractivity contribution in [2.75, 3.05) is 24.5 Å². The Kier molecular flexibility index (Phi) is 6.46. The molecule has 0 aliphatic carbocycles. The van der Waals surface area contributed by atoms with Gasteiger partial charge in [-0.25, -0.2) is 0 Å². The molecule has 27 heavy (non-hydrogen) atoms. The third kappa shape index (κ3) is 4.67. The van der Waals surface area contributed by atoms with E-state index in [1.165, 1.54) is 11.1 Å². The first-order valence-corrected chi connectivity index (χ1v) is 9.85. The van der Waals surface area contributed by atoms with E-state index < -0.39 is 0 Å². The van der Waals surface area contributed by atoms with Gasteiger partial charge in [-0.3, -0.25) is 9.69 Å². The molecule has 1 heterocycles. The van der Waals surface area contributed by atoms with Crippen LogP contribution in [0.15, 0.2) is 61.2 Å². The Hall–Kier alpha value is -2.39. The van der Waals surface area contributed by atoms with E-state index in [1.807, 2.05) is 36.4 Å². The van der Waals surface area contributed by atoms with Gasteiger partial charge < -0.3 is 4.90 Å². The number of anilines is 1. The fraction of sp³-hybridized carbons (Fsp3) is 0.375. The lowest BCUT2D eigenvalue weighted by Gasteiger charge is -2.39. The normalized spacial score (nSPS) is 15.5. The highest BCUT2D eigenvalue weighted by molar-refractivity contribution is 5.96. The fourth-order valence-corrected chi connectivity index (χ4v) is 4.09. The van der Waals surface area contributed by atoms with E-state index in [0.29, 0.717) is 6.42 Å². The number of aryl methyl sites for hydroxylation is 2. The molecule has 1 fully saturated rings. The largest absolute Gasteiger partial charge is 0.308 e. The minimum Gasteiger partial charge on any atom is -0.308 e. The summed E-state index contributed by atoms with van der Waals surface area (Å²) in [6, 6.07) is 16.6. The van der Waals surface area contributed by atoms with Crippen LogP contribution in [0.5, 0.6) is 0 Å². The molecule has 0 saturated carbocycles. The number of piperidine rings is 1. The molecule has 0 atom stereocenters. The highest BCUT2D eigenvalue weighted by Crippen LogP contribution is 2.30. The summed E-state index contributed by atoms with van der Waals surface area (Å²) in [5, 5.41) is 0. The number of hydrogen-bond acceptors (Lipinski definition) is 2. The first-order valence-electron chi connectivity index (χ1n) is 9.85. The van der Waals surface area contributed by atoms with Crippen molar-refractivity contribution in [2.45, 2.75) is 39.2 Å². The quantitative estimate of drug-likeness (QED) is 0.705. The standard InChI is InChI=1S/C24H30N2O/c1-4-15-25-16-13-22(14-17-25)26(24-19(2)9-8-10-20(24)3)23(27)18-21-11-6-5-7-12-21/h4-12,22H,1,13-18H2,2-3H3. The van der Waals surface area contributed by atoms with Crippen LogP contribution >= 0.6 is 0 Å². The molecule has 0 N–H and O–H groups in total. The minimum absolute atomic E-state index is 0.195. The molecule has 1 aliphatic heterocycles. The molecule has 0 radical (unpaired) electrons. The molecule has 2 aromatic carbocycles. The van der Waals surface area contributed by atoms with Gasteiger partial charge in [0.1, 0.15) is 0 Å². The van der Waals surface area contributed by atoms with Crippen LogP contribution in [0.2, 0.25) is 0 Å². The van der Waals surface area contributed by atoms with Crippen LogP contribution in [0.4, 0.5) is 5.69 Å². The van der Waals surface area contributed by atoms with Gasteiger partial charge in [0.25, 0.3) is 0 Å². The predicted octanol–water partition coefficient (Wildman–Crippen LogP) is 4.53. The Morgan fingerprint density at radius 3 is 2.30 bits per heavy atom. The summed E-state index contributed by atoms with van der Waals surface area (Å²) >= 11 is 0. The second-order valence-electron chi connectivity index (χ2n) is 7.49. The van der Waals surface area contributed by atoms with Crippen molar-refractivity contribution in [1.82, 2.24) is 4.90 Å². The lowest BCUT2D eigenvalue weighted by atomic mass is 9.98. The number of amides is 1. The summed E-state index contributed by atoms with van der Waals surface area (Å²) in [5.74, 6) is 0.195. The molecule has 3 heteroatoms. The lowest BCUT2D eigenvalue weighted by molar-refractivity contribution is -0.118. The Balaban J connectivity index is 1.87. The first-order chi connectivity index (χ1) is 13.1. The maximum Gasteiger partial charge on any atom is 0.231 e. The van der Waals surface area contributed by atoms with Crippen LogP contribution in [0, 0.1) is 13.8 Å². The highest BCUT2D eigenvalue weighted by atomic mass is 16.2. The Labute approximate surface area is 163 Å². The van der Waals surface area contributed by atoms with E-state index in [-0.39, 0.29) is 11.9 Å². The van der Waals surface area contributed by atoms with E-state index in [2.05, 4.69) is 48.4 Å². The van der Waals surface area contributed by atoms with Crippen molar-refractivity contribution in [3.63, 3.8) is 0 Å². The number of likely N-dealkylation sites (tertiary alicyclic amines) is 1. The van der Waals surface area contributed by atoms with Crippen LogP contribution in [-0.2, 0) is 11.2 Å². The van der Waals surface area contributed by atoms with Crippen molar-refractivity contribution >= 4 is 11.6 Å². The monoisotopic (exact) mass is 362 g/mol. The highest BCUT2D eigenvalue weighted by Gasteiger charge is 2.30. The Morgan fingerprint density at radius 1 is 1.07 bits per heavy atom. The molecule has 0 aromatic heterocycles. The first kappa shape index (κ1) is 19.4. The summed E-state index contributed by atoms with van der Waals surface area (Å²) in [6.07, 6.45) is 4.41. The summed E-state index contributed by atoms with van der Waals surface area (Å²) in [4.78, 5) is 17.9. The minimum atomic E-state index is 0.195. The molecule has 2 aromatic rings. The SMILES string of the molecule is C=CCN1CCC(N(C(=O)Cc2ccccc2)c2c(C)cccc2C)CC1. The van der Waals surface area contributed by atoms with Gasteiger partial charge in [0.15, 0.2) is 0 Å². The van der Waals surface area contributed by atoms with Crippen molar-refractivity contribution in [3.05, 3.63) is 77.9 Å². The molecule has 0 unspecified atom stereocenters. The Morgan fingerprint density at radius 2 is 1.70 bits per heavy atom. The summed E-state index contributed by atoms with van der Waals surface area (Å²) in [6.45, 7) is 11.0. The molecule has 1 amide bonds. The van der Waals surface area contributed by atoms with E-state index in [0.717, 1.165) is 43.7 Å². The maximum absolute atomic E-state index is 13.4. The van der Waals surface area contributed by atoms with E-state index in [9.17, 15) is 4.79 Å². The fourth-order valence-electron chi connectivity index (χ4n) is 4.09. The maximum atomic E-state index is 13.4. The number of carbonyl (C=O) groups is 1. The van der Waals surface area contributed by atoms with Crippen LogP contribution in [-0.4, -0.2) is 36.5 Å². The van der Waals surface area contributed by atoms with Gasteiger partial charge >= 0.3 is 0 Å². The number of benzene rings is 2.